The number of carbonyl (C=O) groups excluding carboxylic acids is 1. The number of benzene rings is 1. The molecule has 1 amide bonds. The van der Waals surface area contributed by atoms with Crippen LogP contribution >= 0.6 is 11.3 Å². The number of rotatable bonds is 5. The number of amides is 1. The number of nitrogens with zero attached hydrogens (tertiary/aromatic N) is 1. The van der Waals surface area contributed by atoms with Crippen LogP contribution < -0.4 is 4.74 Å². The van der Waals surface area contributed by atoms with Gasteiger partial charge in [0, 0.05) is 11.9 Å². The second-order valence-corrected chi connectivity index (χ2v) is 5.34. The highest BCUT2D eigenvalue weighted by Crippen LogP contribution is 2.25. The fourth-order valence-corrected chi connectivity index (χ4v) is 2.86. The molecule has 1 aromatic carbocycles. The first-order valence-corrected chi connectivity index (χ1v) is 7.58. The Morgan fingerprint density at radius 1 is 1.40 bits per heavy atom. The van der Waals surface area contributed by atoms with Crippen LogP contribution in [-0.2, 0) is 0 Å². The zero-order valence-corrected chi connectivity index (χ0v) is 12.8. The summed E-state index contributed by atoms with van der Waals surface area (Å²) < 4.78 is 5.25. The molecule has 0 aliphatic heterocycles. The average molecular weight is 289 g/mol. The van der Waals surface area contributed by atoms with Crippen molar-refractivity contribution in [1.82, 2.24) is 4.90 Å². The summed E-state index contributed by atoms with van der Waals surface area (Å²) in [6, 6.07) is 9.75. The van der Waals surface area contributed by atoms with E-state index in [4.69, 9.17) is 4.74 Å². The van der Waals surface area contributed by atoms with Gasteiger partial charge in [0.05, 0.1) is 18.7 Å². The topological polar surface area (TPSA) is 29.5 Å². The number of methoxy groups -OCH3 is 1. The Kier molecular flexibility index (Phi) is 4.79. The van der Waals surface area contributed by atoms with Gasteiger partial charge in [-0.3, -0.25) is 4.79 Å². The lowest BCUT2D eigenvalue weighted by Crippen LogP contribution is -2.33. The molecule has 0 saturated carbocycles. The maximum absolute atomic E-state index is 12.5. The molecule has 4 heteroatoms. The van der Waals surface area contributed by atoms with E-state index in [0.29, 0.717) is 6.54 Å². The van der Waals surface area contributed by atoms with Crippen molar-refractivity contribution in [3.63, 3.8) is 0 Å². The first kappa shape index (κ1) is 14.6. The van der Waals surface area contributed by atoms with E-state index in [9.17, 15) is 4.79 Å². The van der Waals surface area contributed by atoms with Crippen LogP contribution in [0.2, 0.25) is 0 Å². The normalized spacial score (nSPS) is 11.9. The molecule has 0 N–H and O–H groups in total. The van der Waals surface area contributed by atoms with E-state index in [1.54, 1.807) is 18.4 Å². The van der Waals surface area contributed by atoms with E-state index >= 15 is 0 Å². The molecule has 3 nitrogen and oxygen atoms in total. The molecule has 0 radical (unpaired) electrons. The summed E-state index contributed by atoms with van der Waals surface area (Å²) in [5, 5.41) is 3.82. The molecule has 20 heavy (non-hydrogen) atoms. The Bertz CT molecular complexity index is 566. The summed E-state index contributed by atoms with van der Waals surface area (Å²) in [7, 11) is 1.65. The second-order valence-electron chi connectivity index (χ2n) is 4.56. The minimum Gasteiger partial charge on any atom is -0.497 e. The highest BCUT2D eigenvalue weighted by atomic mass is 32.1. The maximum atomic E-state index is 12.5. The van der Waals surface area contributed by atoms with E-state index in [-0.39, 0.29) is 11.9 Å². The van der Waals surface area contributed by atoms with Gasteiger partial charge in [-0.1, -0.05) is 12.1 Å². The van der Waals surface area contributed by atoms with Crippen LogP contribution in [0.25, 0.3) is 0 Å². The number of hydrogen-bond donors (Lipinski definition) is 0. The van der Waals surface area contributed by atoms with Crippen molar-refractivity contribution in [2.24, 2.45) is 0 Å². The lowest BCUT2D eigenvalue weighted by Gasteiger charge is -2.28. The zero-order chi connectivity index (χ0) is 14.5. The minimum absolute atomic E-state index is 0.0162. The number of thiophene rings is 1. The predicted octanol–water partition coefficient (Wildman–Crippen LogP) is 3.98. The molecule has 1 unspecified atom stereocenters. The quantitative estimate of drug-likeness (QED) is 0.833. The molecule has 0 fully saturated rings. The highest BCUT2D eigenvalue weighted by molar-refractivity contribution is 7.08. The Morgan fingerprint density at radius 3 is 2.80 bits per heavy atom. The molecule has 0 aliphatic rings. The fourth-order valence-electron chi connectivity index (χ4n) is 2.23. The molecule has 2 rings (SSSR count). The standard InChI is InChI=1S/C16H19NO2S/c1-4-17(16(18)14-8-9-20-11-14)12(2)13-6-5-7-15(10-13)19-3/h5-12H,4H2,1-3H3. The Balaban J connectivity index is 2.24. The van der Waals surface area contributed by atoms with Crippen molar-refractivity contribution in [2.75, 3.05) is 13.7 Å². The molecule has 1 heterocycles. The Labute approximate surface area is 123 Å². The van der Waals surface area contributed by atoms with E-state index < -0.39 is 0 Å². The van der Waals surface area contributed by atoms with Crippen molar-refractivity contribution in [2.45, 2.75) is 19.9 Å². The maximum Gasteiger partial charge on any atom is 0.255 e. The molecular formula is C16H19NO2S. The van der Waals surface area contributed by atoms with Crippen LogP contribution in [0, 0.1) is 0 Å². The first-order chi connectivity index (χ1) is 9.67. The van der Waals surface area contributed by atoms with E-state index in [2.05, 4.69) is 0 Å². The minimum atomic E-state index is 0.0162. The molecule has 0 aliphatic carbocycles. The van der Waals surface area contributed by atoms with Gasteiger partial charge in [-0.2, -0.15) is 11.3 Å². The van der Waals surface area contributed by atoms with Crippen LogP contribution in [-0.4, -0.2) is 24.5 Å². The molecule has 0 saturated heterocycles. The third-order valence-electron chi connectivity index (χ3n) is 3.41. The molecule has 2 aromatic rings. The summed E-state index contributed by atoms with van der Waals surface area (Å²) in [5.41, 5.74) is 1.83. The monoisotopic (exact) mass is 289 g/mol. The van der Waals surface area contributed by atoms with Gasteiger partial charge in [-0.15, -0.1) is 0 Å². The summed E-state index contributed by atoms with van der Waals surface area (Å²) >= 11 is 1.54. The number of ether oxygens (including phenoxy) is 1. The Hall–Kier alpha value is -1.81. The van der Waals surface area contributed by atoms with Crippen molar-refractivity contribution in [3.05, 3.63) is 52.2 Å². The molecule has 0 bridgehead atoms. The van der Waals surface area contributed by atoms with Crippen LogP contribution in [0.4, 0.5) is 0 Å². The fraction of sp³-hybridized carbons (Fsp3) is 0.312. The van der Waals surface area contributed by atoms with Crippen molar-refractivity contribution in [3.8, 4) is 5.75 Å². The van der Waals surface area contributed by atoms with Crippen LogP contribution in [0.1, 0.15) is 35.8 Å². The predicted molar refractivity (Wildman–Crippen MR) is 82.4 cm³/mol. The van der Waals surface area contributed by atoms with E-state index in [1.165, 1.54) is 0 Å². The smallest absolute Gasteiger partial charge is 0.255 e. The van der Waals surface area contributed by atoms with Gasteiger partial charge in [0.2, 0.25) is 0 Å². The van der Waals surface area contributed by atoms with Crippen LogP contribution in [0.3, 0.4) is 0 Å². The van der Waals surface area contributed by atoms with Crippen molar-refractivity contribution in [1.29, 1.82) is 0 Å². The lowest BCUT2D eigenvalue weighted by molar-refractivity contribution is 0.0702. The molecule has 1 atom stereocenters. The van der Waals surface area contributed by atoms with Gasteiger partial charge in [-0.25, -0.2) is 0 Å². The number of carbonyl (C=O) groups is 1. The molecule has 0 spiro atoms. The molecule has 1 aromatic heterocycles. The summed E-state index contributed by atoms with van der Waals surface area (Å²) in [4.78, 5) is 14.4. The third-order valence-corrected chi connectivity index (χ3v) is 4.10. The highest BCUT2D eigenvalue weighted by Gasteiger charge is 2.21. The van der Waals surface area contributed by atoms with Gasteiger partial charge in [0.15, 0.2) is 0 Å². The van der Waals surface area contributed by atoms with Gasteiger partial charge in [0.1, 0.15) is 5.75 Å². The summed E-state index contributed by atoms with van der Waals surface area (Å²) in [6.45, 7) is 4.72. The first-order valence-electron chi connectivity index (χ1n) is 6.64. The number of hydrogen-bond acceptors (Lipinski definition) is 3. The lowest BCUT2D eigenvalue weighted by atomic mass is 10.1. The van der Waals surface area contributed by atoms with E-state index in [1.807, 2.05) is 59.8 Å². The third kappa shape index (κ3) is 3.02. The SMILES string of the molecule is CCN(C(=O)c1ccsc1)C(C)c1cccc(OC)c1. The van der Waals surface area contributed by atoms with Crippen molar-refractivity contribution < 1.29 is 9.53 Å². The molecular weight excluding hydrogens is 270 g/mol. The Morgan fingerprint density at radius 2 is 2.20 bits per heavy atom. The van der Waals surface area contributed by atoms with Crippen molar-refractivity contribution >= 4 is 17.2 Å². The van der Waals surface area contributed by atoms with E-state index in [0.717, 1.165) is 16.9 Å². The zero-order valence-electron chi connectivity index (χ0n) is 12.0. The summed E-state index contributed by atoms with van der Waals surface area (Å²) in [6.07, 6.45) is 0. The van der Waals surface area contributed by atoms with Gasteiger partial charge >= 0.3 is 0 Å². The van der Waals surface area contributed by atoms with Crippen LogP contribution in [0.5, 0.6) is 5.75 Å². The van der Waals surface area contributed by atoms with Gasteiger partial charge in [0.25, 0.3) is 5.91 Å². The molecule has 106 valence electrons. The van der Waals surface area contributed by atoms with Gasteiger partial charge in [-0.05, 0) is 43.0 Å². The van der Waals surface area contributed by atoms with Gasteiger partial charge < -0.3 is 9.64 Å². The summed E-state index contributed by atoms with van der Waals surface area (Å²) in [5.74, 6) is 0.887. The second kappa shape index (κ2) is 6.57. The largest absolute Gasteiger partial charge is 0.497 e. The average Bonchev–Trinajstić information content (AvgIpc) is 3.02. The van der Waals surface area contributed by atoms with Crippen LogP contribution in [0.15, 0.2) is 41.1 Å².